The van der Waals surface area contributed by atoms with Crippen LogP contribution < -0.4 is 11.1 Å². The van der Waals surface area contributed by atoms with E-state index in [0.29, 0.717) is 0 Å². The van der Waals surface area contributed by atoms with Crippen LogP contribution in [0.25, 0.3) is 0 Å². The van der Waals surface area contributed by atoms with E-state index in [1.54, 1.807) is 0 Å². The van der Waals surface area contributed by atoms with Gasteiger partial charge in [0.05, 0.1) is 0 Å². The van der Waals surface area contributed by atoms with Gasteiger partial charge in [0.15, 0.2) is 6.61 Å². The topological polar surface area (TPSA) is 111 Å². The maximum absolute atomic E-state index is 10.2. The minimum absolute atomic E-state index is 0.0164. The van der Waals surface area contributed by atoms with E-state index in [1.165, 1.54) is 6.92 Å². The fraction of sp³-hybridized carbons (Fsp3) is 0.750. The zero-order valence-electron chi connectivity index (χ0n) is 9.71. The first kappa shape index (κ1) is 18.2. The molecule has 1 atom stereocenters. The summed E-state index contributed by atoms with van der Waals surface area (Å²) in [5.41, 5.74) is 4.40. The number of nitrogens with one attached hydrogen (secondary N) is 1. The highest BCUT2D eigenvalue weighted by molar-refractivity contribution is 7.80. The SMILES string of the molecule is CCCNC(=S)OCC(C)[N+](=O)[O-].NC(O)=S. The number of thiocarbonyl (C=S) groups is 2. The third-order valence-electron chi connectivity index (χ3n) is 1.33. The van der Waals surface area contributed by atoms with Crippen LogP contribution in [-0.2, 0) is 4.74 Å². The predicted molar refractivity (Wildman–Crippen MR) is 72.7 cm³/mol. The Labute approximate surface area is 110 Å². The van der Waals surface area contributed by atoms with E-state index in [-0.39, 0.29) is 11.8 Å². The molecule has 0 aliphatic rings. The zero-order valence-corrected chi connectivity index (χ0v) is 11.3. The summed E-state index contributed by atoms with van der Waals surface area (Å²) in [5.74, 6) is 0. The molecule has 9 heteroatoms. The van der Waals surface area contributed by atoms with Crippen molar-refractivity contribution in [1.29, 1.82) is 0 Å². The summed E-state index contributed by atoms with van der Waals surface area (Å²) in [6.45, 7) is 4.21. The van der Waals surface area contributed by atoms with E-state index in [4.69, 9.17) is 22.1 Å². The van der Waals surface area contributed by atoms with E-state index in [9.17, 15) is 10.1 Å². The van der Waals surface area contributed by atoms with Crippen molar-refractivity contribution < 1.29 is 14.8 Å². The van der Waals surface area contributed by atoms with Gasteiger partial charge in [-0.2, -0.15) is 0 Å². The van der Waals surface area contributed by atoms with Gasteiger partial charge in [-0.3, -0.25) is 10.1 Å². The number of hydrogen-bond donors (Lipinski definition) is 3. The lowest BCUT2D eigenvalue weighted by atomic mass is 10.4. The highest BCUT2D eigenvalue weighted by Gasteiger charge is 2.13. The molecule has 1 unspecified atom stereocenters. The quantitative estimate of drug-likeness (QED) is 0.385. The number of hydrogen-bond acceptors (Lipinski definition) is 5. The van der Waals surface area contributed by atoms with Crippen molar-refractivity contribution in [3.05, 3.63) is 10.1 Å². The molecule has 0 aromatic carbocycles. The van der Waals surface area contributed by atoms with Gasteiger partial charge < -0.3 is 20.9 Å². The Balaban J connectivity index is 0. The summed E-state index contributed by atoms with van der Waals surface area (Å²) >= 11 is 8.64. The van der Waals surface area contributed by atoms with Gasteiger partial charge in [-0.25, -0.2) is 0 Å². The molecule has 0 aromatic heterocycles. The first-order valence-corrected chi connectivity index (χ1v) is 5.65. The smallest absolute Gasteiger partial charge is 0.256 e. The normalized spacial score (nSPS) is 10.5. The molecule has 0 heterocycles. The van der Waals surface area contributed by atoms with Crippen LogP contribution in [0.1, 0.15) is 20.3 Å². The fourth-order valence-electron chi connectivity index (χ4n) is 0.535. The summed E-state index contributed by atoms with van der Waals surface area (Å²) in [7, 11) is 0. The number of aliphatic hydroxyl groups excluding tert-OH is 1. The van der Waals surface area contributed by atoms with Crippen LogP contribution in [0.4, 0.5) is 0 Å². The second kappa shape index (κ2) is 11.3. The summed E-state index contributed by atoms with van der Waals surface area (Å²) < 4.78 is 4.95. The van der Waals surface area contributed by atoms with Gasteiger partial charge in [-0.1, -0.05) is 6.92 Å². The van der Waals surface area contributed by atoms with E-state index >= 15 is 0 Å². The van der Waals surface area contributed by atoms with Crippen LogP contribution in [0.2, 0.25) is 0 Å². The largest absolute Gasteiger partial charge is 0.487 e. The molecular formula is C8H17N3O4S2. The Bertz CT molecular complexity index is 259. The van der Waals surface area contributed by atoms with E-state index in [0.717, 1.165) is 13.0 Å². The van der Waals surface area contributed by atoms with Crippen LogP contribution in [0.15, 0.2) is 0 Å². The molecule has 0 saturated carbocycles. The number of aliphatic hydroxyl groups is 1. The lowest BCUT2D eigenvalue weighted by Crippen LogP contribution is -2.30. The number of ether oxygens (including phenoxy) is 1. The molecule has 17 heavy (non-hydrogen) atoms. The number of nitrogens with zero attached hydrogens (tertiary/aromatic N) is 1. The van der Waals surface area contributed by atoms with E-state index < -0.39 is 16.1 Å². The Morgan fingerprint density at radius 3 is 2.47 bits per heavy atom. The van der Waals surface area contributed by atoms with E-state index in [1.807, 2.05) is 6.92 Å². The Kier molecular flexibility index (Phi) is 12.0. The van der Waals surface area contributed by atoms with Gasteiger partial charge in [0.25, 0.3) is 10.3 Å². The monoisotopic (exact) mass is 283 g/mol. The van der Waals surface area contributed by atoms with Crippen LogP contribution in [0.5, 0.6) is 0 Å². The van der Waals surface area contributed by atoms with Crippen LogP contribution in [0, 0.1) is 10.1 Å². The van der Waals surface area contributed by atoms with Crippen molar-refractivity contribution >= 4 is 34.8 Å². The third-order valence-corrected chi connectivity index (χ3v) is 1.60. The predicted octanol–water partition coefficient (Wildman–Crippen LogP) is 0.741. The standard InChI is InChI=1S/C7H14N2O3S.CH3NOS/c1-3-4-8-7(13)12-5-6(2)9(10)11;2-1(3)4/h6H,3-5H2,1-2H3,(H,8,13);(H3,2,3,4). The summed E-state index contributed by atoms with van der Waals surface area (Å²) in [4.78, 5) is 9.79. The molecule has 0 radical (unpaired) electrons. The average molecular weight is 283 g/mol. The Hall–Kier alpha value is -1.22. The van der Waals surface area contributed by atoms with Gasteiger partial charge in [0.1, 0.15) is 0 Å². The minimum atomic E-state index is -0.721. The van der Waals surface area contributed by atoms with Crippen LogP contribution in [0.3, 0.4) is 0 Å². The van der Waals surface area contributed by atoms with Crippen molar-refractivity contribution in [2.24, 2.45) is 5.73 Å². The first-order chi connectivity index (χ1) is 7.81. The van der Waals surface area contributed by atoms with Crippen molar-refractivity contribution in [2.75, 3.05) is 13.2 Å². The fourth-order valence-corrected chi connectivity index (χ4v) is 0.705. The molecule has 100 valence electrons. The Morgan fingerprint density at radius 1 is 1.65 bits per heavy atom. The summed E-state index contributed by atoms with van der Waals surface area (Å²) in [5, 5.41) is 20.3. The molecule has 0 aliphatic carbocycles. The van der Waals surface area contributed by atoms with Gasteiger partial charge in [-0.05, 0) is 30.9 Å². The molecule has 0 saturated heterocycles. The molecule has 0 aliphatic heterocycles. The summed E-state index contributed by atoms with van der Waals surface area (Å²) in [6, 6.07) is -0.721. The lowest BCUT2D eigenvalue weighted by Gasteiger charge is -2.09. The minimum Gasteiger partial charge on any atom is -0.487 e. The Morgan fingerprint density at radius 2 is 2.12 bits per heavy atom. The molecular weight excluding hydrogens is 266 g/mol. The second-order valence-corrected chi connectivity index (χ2v) is 3.79. The molecule has 0 aromatic rings. The van der Waals surface area contributed by atoms with Crippen LogP contribution in [-0.4, -0.2) is 39.6 Å². The number of nitro groups is 1. The lowest BCUT2D eigenvalue weighted by molar-refractivity contribution is -0.520. The van der Waals surface area contributed by atoms with E-state index in [2.05, 4.69) is 23.3 Å². The first-order valence-electron chi connectivity index (χ1n) is 4.83. The molecule has 0 fully saturated rings. The van der Waals surface area contributed by atoms with Gasteiger partial charge >= 0.3 is 0 Å². The third kappa shape index (κ3) is 17.4. The van der Waals surface area contributed by atoms with Gasteiger partial charge in [0, 0.05) is 18.4 Å². The van der Waals surface area contributed by atoms with Crippen molar-refractivity contribution in [2.45, 2.75) is 26.3 Å². The molecule has 4 N–H and O–H groups in total. The van der Waals surface area contributed by atoms with Crippen molar-refractivity contribution in [1.82, 2.24) is 5.32 Å². The summed E-state index contributed by atoms with van der Waals surface area (Å²) in [6.07, 6.45) is 0.939. The number of nitrogens with two attached hydrogens (primary N) is 1. The van der Waals surface area contributed by atoms with Crippen LogP contribution >= 0.6 is 24.4 Å². The maximum atomic E-state index is 10.2. The molecule has 0 bridgehead atoms. The van der Waals surface area contributed by atoms with Gasteiger partial charge in [0.2, 0.25) is 6.04 Å². The van der Waals surface area contributed by atoms with Crippen molar-refractivity contribution in [3.8, 4) is 0 Å². The zero-order chi connectivity index (χ0) is 13.8. The molecule has 0 rings (SSSR count). The van der Waals surface area contributed by atoms with Crippen molar-refractivity contribution in [3.63, 3.8) is 0 Å². The highest BCUT2D eigenvalue weighted by atomic mass is 32.1. The molecule has 7 nitrogen and oxygen atoms in total. The highest BCUT2D eigenvalue weighted by Crippen LogP contribution is 1.90. The average Bonchev–Trinajstić information content (AvgIpc) is 2.21. The second-order valence-electron chi connectivity index (χ2n) is 3.00. The maximum Gasteiger partial charge on any atom is 0.256 e. The van der Waals surface area contributed by atoms with Gasteiger partial charge in [-0.15, -0.1) is 0 Å². The molecule has 0 amide bonds. The number of rotatable bonds is 5. The molecule has 0 spiro atoms.